The van der Waals surface area contributed by atoms with E-state index in [0.29, 0.717) is 16.7 Å². The van der Waals surface area contributed by atoms with E-state index in [1.165, 1.54) is 11.3 Å². The van der Waals surface area contributed by atoms with Gasteiger partial charge in [0.25, 0.3) is 0 Å². The number of rotatable bonds is 3. The quantitative estimate of drug-likeness (QED) is 0.659. The summed E-state index contributed by atoms with van der Waals surface area (Å²) < 4.78 is 5.34. The van der Waals surface area contributed by atoms with Crippen molar-refractivity contribution >= 4 is 34.7 Å². The number of carbonyl (C=O) groups excluding carboxylic acids is 1. The molecule has 0 radical (unpaired) electrons. The van der Waals surface area contributed by atoms with Crippen LogP contribution in [0, 0.1) is 0 Å². The Balaban J connectivity index is 2.56. The highest BCUT2D eigenvalue weighted by molar-refractivity contribution is 7.18. The highest BCUT2D eigenvalue weighted by Gasteiger charge is 2.03. The van der Waals surface area contributed by atoms with Crippen molar-refractivity contribution in [2.75, 3.05) is 6.61 Å². The molecule has 0 saturated carbocycles. The number of halogens is 1. The van der Waals surface area contributed by atoms with Crippen molar-refractivity contribution in [2.24, 2.45) is 5.10 Å². The molecule has 1 N–H and O–H groups in total. The van der Waals surface area contributed by atoms with Crippen LogP contribution in [0.2, 0.25) is 4.34 Å². The second-order valence-corrected chi connectivity index (χ2v) is 4.35. The number of nitrogens with zero attached hydrogens (tertiary/aromatic N) is 1. The van der Waals surface area contributed by atoms with Gasteiger partial charge in [-0.05, 0) is 26.0 Å². The fraction of sp³-hybridized carbons (Fsp3) is 0.333. The summed E-state index contributed by atoms with van der Waals surface area (Å²) in [7, 11) is 0. The Bertz CT molecular complexity index is 376. The van der Waals surface area contributed by atoms with Crippen molar-refractivity contribution in [2.45, 2.75) is 13.8 Å². The lowest BCUT2D eigenvalue weighted by molar-refractivity contribution is 0.152. The average molecular weight is 247 g/mol. The molecule has 0 aromatic carbocycles. The molecule has 0 aliphatic carbocycles. The Morgan fingerprint density at radius 1 is 1.67 bits per heavy atom. The van der Waals surface area contributed by atoms with Gasteiger partial charge in [-0.2, -0.15) is 5.10 Å². The van der Waals surface area contributed by atoms with E-state index >= 15 is 0 Å². The lowest BCUT2D eigenvalue weighted by atomic mass is 10.3. The SMILES string of the molecule is CCOC(=O)N/N=C(/C)c1ccc(Cl)s1. The number of hydrogen-bond acceptors (Lipinski definition) is 4. The van der Waals surface area contributed by atoms with E-state index in [-0.39, 0.29) is 0 Å². The van der Waals surface area contributed by atoms with Gasteiger partial charge in [-0.1, -0.05) is 11.6 Å². The summed E-state index contributed by atoms with van der Waals surface area (Å²) in [6.45, 7) is 3.84. The monoisotopic (exact) mass is 246 g/mol. The Kier molecular flexibility index (Phi) is 4.58. The summed E-state index contributed by atoms with van der Waals surface area (Å²) in [6.07, 6.45) is -0.556. The molecule has 1 heterocycles. The summed E-state index contributed by atoms with van der Waals surface area (Å²) >= 11 is 7.17. The predicted molar refractivity (Wildman–Crippen MR) is 61.7 cm³/mol. The summed E-state index contributed by atoms with van der Waals surface area (Å²) in [5, 5.41) is 3.87. The first-order chi connectivity index (χ1) is 7.13. The maximum absolute atomic E-state index is 10.9. The molecule has 1 amide bonds. The molecule has 0 aliphatic rings. The molecule has 0 fully saturated rings. The summed E-state index contributed by atoms with van der Waals surface area (Å²) in [4.78, 5) is 11.8. The van der Waals surface area contributed by atoms with Crippen LogP contribution in [0.15, 0.2) is 17.2 Å². The third-order valence-electron chi connectivity index (χ3n) is 1.52. The first-order valence-electron chi connectivity index (χ1n) is 4.36. The van der Waals surface area contributed by atoms with Crippen molar-refractivity contribution in [3.05, 3.63) is 21.3 Å². The molecule has 0 spiro atoms. The number of hydrogen-bond donors (Lipinski definition) is 1. The van der Waals surface area contributed by atoms with Gasteiger partial charge in [0.1, 0.15) is 0 Å². The molecule has 0 atom stereocenters. The van der Waals surface area contributed by atoms with Crippen molar-refractivity contribution in [3.63, 3.8) is 0 Å². The zero-order valence-corrected chi connectivity index (χ0v) is 9.98. The van der Waals surface area contributed by atoms with Crippen LogP contribution in [0.1, 0.15) is 18.7 Å². The van der Waals surface area contributed by atoms with Crippen molar-refractivity contribution in [3.8, 4) is 0 Å². The van der Waals surface area contributed by atoms with Gasteiger partial charge in [0.15, 0.2) is 0 Å². The summed E-state index contributed by atoms with van der Waals surface area (Å²) in [5.74, 6) is 0. The second-order valence-electron chi connectivity index (χ2n) is 2.63. The largest absolute Gasteiger partial charge is 0.449 e. The van der Waals surface area contributed by atoms with Crippen LogP contribution in [0.5, 0.6) is 0 Å². The highest BCUT2D eigenvalue weighted by Crippen LogP contribution is 2.21. The van der Waals surface area contributed by atoms with Crippen LogP contribution >= 0.6 is 22.9 Å². The standard InChI is InChI=1S/C9H11ClN2O2S/c1-3-14-9(13)12-11-6(2)7-4-5-8(10)15-7/h4-5H,3H2,1-2H3,(H,12,13)/b11-6-. The van der Waals surface area contributed by atoms with Crippen molar-refractivity contribution in [1.29, 1.82) is 0 Å². The molecule has 1 rings (SSSR count). The number of amides is 1. The van der Waals surface area contributed by atoms with E-state index in [0.717, 1.165) is 4.88 Å². The molecule has 15 heavy (non-hydrogen) atoms. The number of ether oxygens (including phenoxy) is 1. The number of nitrogens with one attached hydrogen (secondary N) is 1. The Hall–Kier alpha value is -1.07. The fourth-order valence-electron chi connectivity index (χ4n) is 0.857. The third kappa shape index (κ3) is 3.89. The van der Waals surface area contributed by atoms with E-state index in [4.69, 9.17) is 11.6 Å². The first kappa shape index (κ1) is 12.0. The maximum atomic E-state index is 10.9. The van der Waals surface area contributed by atoms with Crippen LogP contribution in [0.3, 0.4) is 0 Å². The number of hydrazone groups is 1. The van der Waals surface area contributed by atoms with Gasteiger partial charge in [0.2, 0.25) is 0 Å². The van der Waals surface area contributed by atoms with Crippen molar-refractivity contribution < 1.29 is 9.53 Å². The van der Waals surface area contributed by atoms with Gasteiger partial charge >= 0.3 is 6.09 Å². The minimum atomic E-state index is -0.556. The van der Waals surface area contributed by atoms with E-state index in [1.54, 1.807) is 19.9 Å². The maximum Gasteiger partial charge on any atom is 0.427 e. The molecule has 4 nitrogen and oxygen atoms in total. The molecule has 0 unspecified atom stereocenters. The zero-order chi connectivity index (χ0) is 11.3. The molecular formula is C9H11ClN2O2S. The molecule has 1 aromatic heterocycles. The second kappa shape index (κ2) is 5.72. The Morgan fingerprint density at radius 3 is 2.93 bits per heavy atom. The molecule has 6 heteroatoms. The molecule has 0 aliphatic heterocycles. The highest BCUT2D eigenvalue weighted by atomic mass is 35.5. The van der Waals surface area contributed by atoms with E-state index < -0.39 is 6.09 Å². The minimum Gasteiger partial charge on any atom is -0.449 e. The van der Waals surface area contributed by atoms with Gasteiger partial charge in [0.05, 0.1) is 21.5 Å². The van der Waals surface area contributed by atoms with Crippen LogP contribution in [-0.4, -0.2) is 18.4 Å². The van der Waals surface area contributed by atoms with Gasteiger partial charge in [-0.15, -0.1) is 11.3 Å². The van der Waals surface area contributed by atoms with Crippen LogP contribution in [0.4, 0.5) is 4.79 Å². The van der Waals surface area contributed by atoms with Gasteiger partial charge < -0.3 is 4.74 Å². The smallest absolute Gasteiger partial charge is 0.427 e. The molecule has 82 valence electrons. The van der Waals surface area contributed by atoms with Gasteiger partial charge in [0, 0.05) is 0 Å². The van der Waals surface area contributed by atoms with Gasteiger partial charge in [-0.25, -0.2) is 10.2 Å². The van der Waals surface area contributed by atoms with E-state index in [9.17, 15) is 4.79 Å². The molecule has 0 saturated heterocycles. The number of carbonyl (C=O) groups is 1. The fourth-order valence-corrected chi connectivity index (χ4v) is 1.84. The molecule has 1 aromatic rings. The number of thiophene rings is 1. The first-order valence-corrected chi connectivity index (χ1v) is 5.55. The molecular weight excluding hydrogens is 236 g/mol. The Morgan fingerprint density at radius 2 is 2.40 bits per heavy atom. The third-order valence-corrected chi connectivity index (χ3v) is 2.86. The topological polar surface area (TPSA) is 50.7 Å². The normalized spacial score (nSPS) is 11.3. The molecule has 0 bridgehead atoms. The summed E-state index contributed by atoms with van der Waals surface area (Å²) in [6, 6.07) is 3.63. The van der Waals surface area contributed by atoms with Crippen LogP contribution in [0.25, 0.3) is 0 Å². The van der Waals surface area contributed by atoms with Crippen molar-refractivity contribution in [1.82, 2.24) is 5.43 Å². The van der Waals surface area contributed by atoms with Crippen LogP contribution in [-0.2, 0) is 4.74 Å². The van der Waals surface area contributed by atoms with E-state index in [2.05, 4.69) is 15.3 Å². The minimum absolute atomic E-state index is 0.325. The van der Waals surface area contributed by atoms with E-state index in [1.807, 2.05) is 6.07 Å². The van der Waals surface area contributed by atoms with Crippen LogP contribution < -0.4 is 5.43 Å². The lowest BCUT2D eigenvalue weighted by Gasteiger charge is -2.00. The Labute approximate surface area is 96.9 Å². The lowest BCUT2D eigenvalue weighted by Crippen LogP contribution is -2.20. The average Bonchev–Trinajstić information content (AvgIpc) is 2.62. The zero-order valence-electron chi connectivity index (χ0n) is 8.41. The summed E-state index contributed by atoms with van der Waals surface area (Å²) in [5.41, 5.74) is 2.98. The van der Waals surface area contributed by atoms with Gasteiger partial charge in [-0.3, -0.25) is 0 Å². The predicted octanol–water partition coefficient (Wildman–Crippen LogP) is 2.87.